The molecule has 0 heterocycles. The van der Waals surface area contributed by atoms with E-state index in [1.807, 2.05) is 0 Å². The van der Waals surface area contributed by atoms with Crippen molar-refractivity contribution in [2.75, 3.05) is 0 Å². The van der Waals surface area contributed by atoms with E-state index in [4.69, 9.17) is 11.6 Å². The normalized spacial score (nSPS) is 16.4. The predicted octanol–water partition coefficient (Wildman–Crippen LogP) is 2.24. The highest BCUT2D eigenvalue weighted by atomic mass is 35.5. The van der Waals surface area contributed by atoms with Crippen molar-refractivity contribution in [1.82, 2.24) is 10.6 Å². The van der Waals surface area contributed by atoms with Crippen molar-refractivity contribution >= 4 is 17.5 Å². The summed E-state index contributed by atoms with van der Waals surface area (Å²) in [6.07, 6.45) is 2.13. The van der Waals surface area contributed by atoms with Crippen LogP contribution in [0.4, 0.5) is 4.39 Å². The molecular formula is C13H16ClFN2O. The number of benzene rings is 1. The van der Waals surface area contributed by atoms with E-state index in [-0.39, 0.29) is 17.8 Å². The van der Waals surface area contributed by atoms with Crippen LogP contribution in [0.3, 0.4) is 0 Å². The highest BCUT2D eigenvalue weighted by molar-refractivity contribution is 6.31. The van der Waals surface area contributed by atoms with Crippen molar-refractivity contribution in [1.29, 1.82) is 0 Å². The molecule has 1 amide bonds. The molecule has 1 atom stereocenters. The Kier molecular flexibility index (Phi) is 4.19. The lowest BCUT2D eigenvalue weighted by molar-refractivity contribution is -0.122. The Bertz CT molecular complexity index is 449. The summed E-state index contributed by atoms with van der Waals surface area (Å²) in [4.78, 5) is 11.7. The first-order valence-corrected chi connectivity index (χ1v) is 6.42. The fourth-order valence-corrected chi connectivity index (χ4v) is 1.77. The van der Waals surface area contributed by atoms with E-state index < -0.39 is 0 Å². The van der Waals surface area contributed by atoms with Gasteiger partial charge in [0.1, 0.15) is 5.82 Å². The molecule has 0 aromatic heterocycles. The fraction of sp³-hybridized carbons (Fsp3) is 0.462. The maximum atomic E-state index is 13.0. The first kappa shape index (κ1) is 13.3. The summed E-state index contributed by atoms with van der Waals surface area (Å²) in [6.45, 7) is 2.15. The molecule has 18 heavy (non-hydrogen) atoms. The molecule has 0 bridgehead atoms. The van der Waals surface area contributed by atoms with Gasteiger partial charge in [0, 0.05) is 17.6 Å². The minimum atomic E-state index is -0.328. The molecule has 3 nitrogen and oxygen atoms in total. The summed E-state index contributed by atoms with van der Waals surface area (Å²) < 4.78 is 13.0. The summed E-state index contributed by atoms with van der Waals surface area (Å²) in [5.74, 6) is -0.351. The van der Waals surface area contributed by atoms with Gasteiger partial charge in [-0.3, -0.25) is 4.79 Å². The second-order valence-electron chi connectivity index (χ2n) is 4.62. The van der Waals surface area contributed by atoms with Gasteiger partial charge < -0.3 is 10.6 Å². The lowest BCUT2D eigenvalue weighted by Crippen LogP contribution is -2.42. The van der Waals surface area contributed by atoms with Gasteiger partial charge in [-0.1, -0.05) is 11.6 Å². The van der Waals surface area contributed by atoms with E-state index in [1.54, 1.807) is 6.92 Å². The third kappa shape index (κ3) is 3.68. The third-order valence-corrected chi connectivity index (χ3v) is 3.29. The molecule has 1 fully saturated rings. The minimum Gasteiger partial charge on any atom is -0.352 e. The van der Waals surface area contributed by atoms with Crippen LogP contribution < -0.4 is 10.6 Å². The zero-order chi connectivity index (χ0) is 13.1. The topological polar surface area (TPSA) is 41.1 Å². The molecule has 98 valence electrons. The van der Waals surface area contributed by atoms with Gasteiger partial charge in [-0.15, -0.1) is 0 Å². The van der Waals surface area contributed by atoms with E-state index in [0.29, 0.717) is 23.2 Å². The van der Waals surface area contributed by atoms with Gasteiger partial charge in [0.15, 0.2) is 0 Å². The van der Waals surface area contributed by atoms with Crippen molar-refractivity contribution in [3.8, 4) is 0 Å². The van der Waals surface area contributed by atoms with Crippen molar-refractivity contribution in [2.45, 2.75) is 38.4 Å². The number of nitrogens with one attached hydrogen (secondary N) is 2. The highest BCUT2D eigenvalue weighted by Crippen LogP contribution is 2.19. The van der Waals surface area contributed by atoms with Crippen LogP contribution in [0.15, 0.2) is 18.2 Å². The van der Waals surface area contributed by atoms with E-state index in [9.17, 15) is 9.18 Å². The van der Waals surface area contributed by atoms with Crippen LogP contribution in [0.25, 0.3) is 0 Å². The maximum absolute atomic E-state index is 13.0. The van der Waals surface area contributed by atoms with Gasteiger partial charge in [0.05, 0.1) is 6.04 Å². The Labute approximate surface area is 111 Å². The van der Waals surface area contributed by atoms with Crippen molar-refractivity contribution in [3.63, 3.8) is 0 Å². The Hall–Kier alpha value is -1.13. The Morgan fingerprint density at radius 3 is 2.94 bits per heavy atom. The van der Waals surface area contributed by atoms with Crippen molar-refractivity contribution < 1.29 is 9.18 Å². The third-order valence-electron chi connectivity index (χ3n) is 2.92. The number of hydrogen-bond donors (Lipinski definition) is 2. The number of carbonyl (C=O) groups excluding carboxylic acids is 1. The Morgan fingerprint density at radius 1 is 1.56 bits per heavy atom. The Balaban J connectivity index is 1.85. The molecule has 1 aromatic carbocycles. The first-order chi connectivity index (χ1) is 8.56. The van der Waals surface area contributed by atoms with Crippen LogP contribution in [-0.2, 0) is 11.3 Å². The lowest BCUT2D eigenvalue weighted by Gasteiger charge is -2.14. The summed E-state index contributed by atoms with van der Waals surface area (Å²) in [7, 11) is 0. The van der Waals surface area contributed by atoms with Gasteiger partial charge >= 0.3 is 0 Å². The molecule has 1 saturated carbocycles. The average Bonchev–Trinajstić information content (AvgIpc) is 3.13. The molecule has 0 saturated heterocycles. The average molecular weight is 271 g/mol. The fourth-order valence-electron chi connectivity index (χ4n) is 1.59. The zero-order valence-electron chi connectivity index (χ0n) is 10.2. The zero-order valence-corrected chi connectivity index (χ0v) is 10.9. The first-order valence-electron chi connectivity index (χ1n) is 6.04. The SMILES string of the molecule is CC(NCc1cc(F)ccc1Cl)C(=O)NC1CC1. The largest absolute Gasteiger partial charge is 0.352 e. The predicted molar refractivity (Wildman–Crippen MR) is 68.9 cm³/mol. The van der Waals surface area contributed by atoms with Gasteiger partial charge in [-0.05, 0) is 43.5 Å². The Morgan fingerprint density at radius 2 is 2.28 bits per heavy atom. The van der Waals surface area contributed by atoms with E-state index in [2.05, 4.69) is 10.6 Å². The summed E-state index contributed by atoms with van der Waals surface area (Å²) in [6, 6.07) is 4.24. The molecule has 1 aliphatic carbocycles. The van der Waals surface area contributed by atoms with Crippen LogP contribution in [0.1, 0.15) is 25.3 Å². The number of amides is 1. The number of rotatable bonds is 5. The van der Waals surface area contributed by atoms with Crippen LogP contribution in [0.2, 0.25) is 5.02 Å². The highest BCUT2D eigenvalue weighted by Gasteiger charge is 2.25. The molecule has 1 unspecified atom stereocenters. The monoisotopic (exact) mass is 270 g/mol. The summed E-state index contributed by atoms with van der Waals surface area (Å²) >= 11 is 5.95. The maximum Gasteiger partial charge on any atom is 0.237 e. The van der Waals surface area contributed by atoms with Crippen LogP contribution in [0.5, 0.6) is 0 Å². The van der Waals surface area contributed by atoms with Crippen molar-refractivity contribution in [3.05, 3.63) is 34.6 Å². The van der Waals surface area contributed by atoms with E-state index in [0.717, 1.165) is 12.8 Å². The number of hydrogen-bond acceptors (Lipinski definition) is 2. The molecule has 2 rings (SSSR count). The molecular weight excluding hydrogens is 255 g/mol. The molecule has 1 aliphatic rings. The smallest absolute Gasteiger partial charge is 0.237 e. The molecule has 5 heteroatoms. The molecule has 0 radical (unpaired) electrons. The molecule has 1 aromatic rings. The molecule has 0 aliphatic heterocycles. The van der Waals surface area contributed by atoms with E-state index >= 15 is 0 Å². The quantitative estimate of drug-likeness (QED) is 0.862. The molecule has 0 spiro atoms. The lowest BCUT2D eigenvalue weighted by atomic mass is 10.2. The van der Waals surface area contributed by atoms with Gasteiger partial charge in [-0.25, -0.2) is 4.39 Å². The van der Waals surface area contributed by atoms with E-state index in [1.165, 1.54) is 18.2 Å². The number of halogens is 2. The van der Waals surface area contributed by atoms with Gasteiger partial charge in [-0.2, -0.15) is 0 Å². The van der Waals surface area contributed by atoms with Crippen LogP contribution in [-0.4, -0.2) is 18.0 Å². The van der Waals surface area contributed by atoms with Gasteiger partial charge in [0.25, 0.3) is 0 Å². The van der Waals surface area contributed by atoms with Crippen LogP contribution in [0, 0.1) is 5.82 Å². The summed E-state index contributed by atoms with van der Waals surface area (Å²) in [5.41, 5.74) is 0.655. The van der Waals surface area contributed by atoms with Gasteiger partial charge in [0.2, 0.25) is 5.91 Å². The van der Waals surface area contributed by atoms with Crippen molar-refractivity contribution in [2.24, 2.45) is 0 Å². The molecule has 2 N–H and O–H groups in total. The minimum absolute atomic E-state index is 0.0231. The summed E-state index contributed by atoms with van der Waals surface area (Å²) in [5, 5.41) is 6.44. The van der Waals surface area contributed by atoms with Crippen LogP contribution >= 0.6 is 11.6 Å². The second kappa shape index (κ2) is 5.67. The number of carbonyl (C=O) groups is 1. The second-order valence-corrected chi connectivity index (χ2v) is 5.03. The standard InChI is InChI=1S/C13H16ClFN2O/c1-8(13(18)17-11-3-4-11)16-7-9-6-10(15)2-5-12(9)14/h2,5-6,8,11,16H,3-4,7H2,1H3,(H,17,18).